The van der Waals surface area contributed by atoms with E-state index in [1.807, 2.05) is 13.0 Å². The van der Waals surface area contributed by atoms with Gasteiger partial charge in [-0.15, -0.1) is 0 Å². The molecule has 2 fully saturated rings. The van der Waals surface area contributed by atoms with Crippen molar-refractivity contribution in [2.24, 2.45) is 23.7 Å². The molecule has 3 rings (SSSR count). The predicted octanol–water partition coefficient (Wildman–Crippen LogP) is 1.48. The predicted molar refractivity (Wildman–Crippen MR) is 201 cm³/mol. The number of amides is 1. The first-order valence-corrected chi connectivity index (χ1v) is 19.5. The number of aliphatic hydroxyl groups excluding tert-OH is 4. The fourth-order valence-electron chi connectivity index (χ4n) is 7.82. The normalized spacial score (nSPS) is 42.2. The average molecular weight is 800 g/mol. The van der Waals surface area contributed by atoms with Gasteiger partial charge in [-0.1, -0.05) is 38.5 Å². The van der Waals surface area contributed by atoms with E-state index < -0.39 is 122 Å². The molecule has 4 N–H and O–H groups in total. The van der Waals surface area contributed by atoms with Gasteiger partial charge in [0.15, 0.2) is 18.4 Å². The molecule has 2 saturated heterocycles. The molecule has 16 nitrogen and oxygen atoms in total. The van der Waals surface area contributed by atoms with Crippen molar-refractivity contribution in [1.82, 2.24) is 4.90 Å². The number of cyclic esters (lactones) is 1. The van der Waals surface area contributed by atoms with Gasteiger partial charge in [-0.2, -0.15) is 0 Å². The summed E-state index contributed by atoms with van der Waals surface area (Å²) in [6, 6.07) is -1.10. The molecule has 320 valence electrons. The van der Waals surface area contributed by atoms with Crippen molar-refractivity contribution < 1.29 is 72.8 Å². The van der Waals surface area contributed by atoms with E-state index in [4.69, 9.17) is 33.2 Å². The highest BCUT2D eigenvalue weighted by atomic mass is 16.7. The number of carbonyl (C=O) groups is 4. The maximum Gasteiger partial charge on any atom is 0.308 e. The van der Waals surface area contributed by atoms with Crippen LogP contribution in [0.25, 0.3) is 0 Å². The Morgan fingerprint density at radius 1 is 0.929 bits per heavy atom. The number of hydrogen-bond acceptors (Lipinski definition) is 15. The number of aliphatic hydroxyl groups is 4. The second-order valence-corrected chi connectivity index (χ2v) is 15.5. The topological polar surface area (TPSA) is 217 Å². The lowest BCUT2D eigenvalue weighted by Gasteiger charge is -2.47. The third-order valence-corrected chi connectivity index (χ3v) is 11.5. The van der Waals surface area contributed by atoms with Crippen LogP contribution >= 0.6 is 0 Å². The Balaban J connectivity index is 1.97. The first kappa shape index (κ1) is 47.7. The van der Waals surface area contributed by atoms with E-state index in [9.17, 15) is 39.6 Å². The highest BCUT2D eigenvalue weighted by Crippen LogP contribution is 2.35. The van der Waals surface area contributed by atoms with E-state index in [1.165, 1.54) is 39.2 Å². The minimum atomic E-state index is -1.53. The van der Waals surface area contributed by atoms with Gasteiger partial charge in [-0.25, -0.2) is 0 Å². The number of rotatable bonds is 11. The first-order valence-electron chi connectivity index (χ1n) is 19.5. The largest absolute Gasteiger partial charge is 0.462 e. The van der Waals surface area contributed by atoms with Crippen LogP contribution in [0.4, 0.5) is 0 Å². The number of ether oxygens (including phenoxy) is 7. The molecule has 3 heterocycles. The molecule has 1 amide bonds. The van der Waals surface area contributed by atoms with Gasteiger partial charge in [0.1, 0.15) is 42.9 Å². The van der Waals surface area contributed by atoms with Gasteiger partial charge in [0.05, 0.1) is 43.5 Å². The molecule has 17 atom stereocenters. The summed E-state index contributed by atoms with van der Waals surface area (Å²) in [6.07, 6.45) is -6.70. The molecule has 0 aromatic heterocycles. The zero-order valence-electron chi connectivity index (χ0n) is 34.4. The summed E-state index contributed by atoms with van der Waals surface area (Å²) in [4.78, 5) is 52.7. The van der Waals surface area contributed by atoms with Crippen molar-refractivity contribution in [2.45, 2.75) is 154 Å². The molecular weight excluding hydrogens is 734 g/mol. The molecule has 0 radical (unpaired) electrons. The summed E-state index contributed by atoms with van der Waals surface area (Å²) in [5.41, 5.74) is 0.677. The summed E-state index contributed by atoms with van der Waals surface area (Å²) >= 11 is 0. The Bertz CT molecular complexity index is 1360. The van der Waals surface area contributed by atoms with Gasteiger partial charge >= 0.3 is 5.97 Å². The van der Waals surface area contributed by atoms with Gasteiger partial charge in [-0.3, -0.25) is 14.4 Å². The number of nitrogens with zero attached hydrogens (tertiary/aromatic N) is 1. The molecular formula is C40H65NO15. The summed E-state index contributed by atoms with van der Waals surface area (Å²) in [5.74, 6) is -4.08. The van der Waals surface area contributed by atoms with Crippen LogP contribution in [-0.4, -0.2) is 157 Å². The van der Waals surface area contributed by atoms with Crippen LogP contribution in [0.3, 0.4) is 0 Å². The lowest BCUT2D eigenvalue weighted by Crippen LogP contribution is -2.64. The Morgan fingerprint density at radius 2 is 1.55 bits per heavy atom. The molecule has 0 saturated carbocycles. The molecule has 0 aromatic carbocycles. The van der Waals surface area contributed by atoms with Gasteiger partial charge in [0.2, 0.25) is 5.91 Å². The standard InChI is InChI=1S/C40H65NO15/c1-11-30-27(19-52-40-38(51-10)37(50-9)34(48)24(6)54-40)16-20(2)12-13-28(44)21(3)17-26(14-15-42)36(22(4)29(45)18-31(46)55-30)56-39-35(49)32(41(8)25(7)43)33(47)23(5)53-39/h12-13,15-16,21-24,26-27,29-30,32-40,45,47-49H,11,14,17-19H2,1-10H3/b13-12+,20-16+/t21-,22+,23?,24?,26+,27-,29-,30-,32?,33?,34?,35?,36-,37?,38?,39?,40?/m1/s1. The summed E-state index contributed by atoms with van der Waals surface area (Å²) in [7, 11) is 4.35. The molecule has 16 heteroatoms. The number of aldehydes is 1. The fourth-order valence-corrected chi connectivity index (χ4v) is 7.82. The van der Waals surface area contributed by atoms with Gasteiger partial charge in [0.25, 0.3) is 0 Å². The van der Waals surface area contributed by atoms with Crippen molar-refractivity contribution >= 4 is 23.9 Å². The van der Waals surface area contributed by atoms with Crippen LogP contribution in [0.15, 0.2) is 23.8 Å². The summed E-state index contributed by atoms with van der Waals surface area (Å²) in [5, 5.41) is 44.4. The second kappa shape index (κ2) is 21.9. The summed E-state index contributed by atoms with van der Waals surface area (Å²) in [6.45, 7) is 11.5. The molecule has 0 spiro atoms. The number of likely N-dealkylation sites (N-methyl/N-ethyl adjacent to an activating group) is 1. The van der Waals surface area contributed by atoms with Crippen LogP contribution < -0.4 is 0 Å². The first-order chi connectivity index (χ1) is 26.4. The smallest absolute Gasteiger partial charge is 0.308 e. The van der Waals surface area contributed by atoms with E-state index in [0.29, 0.717) is 18.3 Å². The van der Waals surface area contributed by atoms with E-state index >= 15 is 0 Å². The average Bonchev–Trinajstić information content (AvgIpc) is 3.15. The van der Waals surface area contributed by atoms with E-state index in [2.05, 4.69) is 0 Å². The minimum absolute atomic E-state index is 0.00994. The second-order valence-electron chi connectivity index (χ2n) is 15.5. The van der Waals surface area contributed by atoms with E-state index in [0.717, 1.165) is 0 Å². The lowest BCUT2D eigenvalue weighted by molar-refractivity contribution is -0.304. The van der Waals surface area contributed by atoms with Crippen molar-refractivity contribution in [1.29, 1.82) is 0 Å². The lowest BCUT2D eigenvalue weighted by atomic mass is 9.79. The quantitative estimate of drug-likeness (QED) is 0.172. The molecule has 0 aromatic rings. The number of hydrogen-bond donors (Lipinski definition) is 4. The third-order valence-electron chi connectivity index (χ3n) is 11.5. The highest BCUT2D eigenvalue weighted by Gasteiger charge is 2.49. The third kappa shape index (κ3) is 12.0. The number of carbonyl (C=O) groups excluding carboxylic acids is 4. The monoisotopic (exact) mass is 799 g/mol. The molecule has 3 aliphatic heterocycles. The zero-order valence-corrected chi connectivity index (χ0v) is 34.4. The maximum absolute atomic E-state index is 13.6. The van der Waals surface area contributed by atoms with Crippen LogP contribution in [0, 0.1) is 23.7 Å². The highest BCUT2D eigenvalue weighted by molar-refractivity contribution is 5.91. The molecule has 56 heavy (non-hydrogen) atoms. The molecule has 0 aliphatic carbocycles. The summed E-state index contributed by atoms with van der Waals surface area (Å²) < 4.78 is 41.5. The van der Waals surface area contributed by atoms with Gasteiger partial charge in [0, 0.05) is 52.4 Å². The van der Waals surface area contributed by atoms with Gasteiger partial charge in [-0.05, 0) is 45.6 Å². The Labute approximate surface area is 330 Å². The SMILES string of the molecule is CC[C@H]1OC(=O)C[C@@H](O)[C@H](C)[C@@H](OC2OC(C)C(O)C(N(C)C(C)=O)C2O)[C@@H](CC=O)C[C@@H](C)C(=O)/C=C/C(C)=C/[C@@H]1COC1OC(C)C(O)C(OC)C1OC. The Kier molecular flexibility index (Phi) is 18.7. The van der Waals surface area contributed by atoms with Crippen molar-refractivity contribution in [2.75, 3.05) is 27.9 Å². The van der Waals surface area contributed by atoms with Crippen molar-refractivity contribution in [3.8, 4) is 0 Å². The van der Waals surface area contributed by atoms with E-state index in [-0.39, 0.29) is 25.2 Å². The number of allylic oxidation sites excluding steroid dienone is 3. The molecule has 10 unspecified atom stereocenters. The fraction of sp³-hybridized carbons (Fsp3) is 0.800. The van der Waals surface area contributed by atoms with Crippen LogP contribution in [-0.2, 0) is 52.3 Å². The Hall–Kier alpha value is -2.64. The van der Waals surface area contributed by atoms with Crippen LogP contribution in [0.2, 0.25) is 0 Å². The van der Waals surface area contributed by atoms with E-state index in [1.54, 1.807) is 40.7 Å². The van der Waals surface area contributed by atoms with Crippen LogP contribution in [0.1, 0.15) is 74.1 Å². The van der Waals surface area contributed by atoms with Gasteiger partial charge < -0.3 is 63.3 Å². The molecule has 3 aliphatic rings. The van der Waals surface area contributed by atoms with Crippen molar-refractivity contribution in [3.63, 3.8) is 0 Å². The van der Waals surface area contributed by atoms with Crippen LogP contribution in [0.5, 0.6) is 0 Å². The molecule has 0 bridgehead atoms. The minimum Gasteiger partial charge on any atom is -0.462 e. The zero-order chi connectivity index (χ0) is 42.0. The van der Waals surface area contributed by atoms with Crippen molar-refractivity contribution in [3.05, 3.63) is 23.8 Å². The number of ketones is 1. The number of esters is 1. The number of methoxy groups -OCH3 is 2. The Morgan fingerprint density at radius 3 is 2.14 bits per heavy atom. The maximum atomic E-state index is 13.6.